The molecule has 5 nitrogen and oxygen atoms in total. The third kappa shape index (κ3) is 3.94. The zero-order valence-corrected chi connectivity index (χ0v) is 11.8. The summed E-state index contributed by atoms with van der Waals surface area (Å²) in [5.74, 6) is 5.83. The summed E-state index contributed by atoms with van der Waals surface area (Å²) in [6.07, 6.45) is 3.52. The molecule has 1 heterocycles. The molecule has 0 aliphatic carbocycles. The Morgan fingerprint density at radius 2 is 2.24 bits per heavy atom. The second-order valence-corrected chi connectivity index (χ2v) is 4.58. The molecule has 0 bridgehead atoms. The van der Waals surface area contributed by atoms with Gasteiger partial charge in [0.1, 0.15) is 0 Å². The number of carbonyl (C=O) groups excluding carboxylic acids is 1. The first-order valence-corrected chi connectivity index (χ1v) is 6.64. The Morgan fingerprint density at radius 1 is 1.43 bits per heavy atom. The zero-order chi connectivity index (χ0) is 15.1. The van der Waals surface area contributed by atoms with Crippen molar-refractivity contribution in [3.8, 4) is 11.8 Å². The van der Waals surface area contributed by atoms with Crippen molar-refractivity contribution in [1.29, 1.82) is 0 Å². The van der Waals surface area contributed by atoms with Crippen LogP contribution in [0.2, 0.25) is 0 Å². The summed E-state index contributed by atoms with van der Waals surface area (Å²) in [5, 5.41) is 15.2. The van der Waals surface area contributed by atoms with Crippen LogP contribution in [0.4, 0.5) is 0 Å². The van der Waals surface area contributed by atoms with Crippen LogP contribution in [0, 0.1) is 11.8 Å². The van der Waals surface area contributed by atoms with E-state index in [9.17, 15) is 4.79 Å². The lowest BCUT2D eigenvalue weighted by atomic mass is 10.1. The van der Waals surface area contributed by atoms with Gasteiger partial charge in [0.05, 0.1) is 18.4 Å². The van der Waals surface area contributed by atoms with Crippen LogP contribution in [0.5, 0.6) is 0 Å². The SMILES string of the molecule is CN(Cc1ccccc1C#CCCO)C(=O)c1cn[nH]c1. The third-order valence-electron chi connectivity index (χ3n) is 2.98. The molecular formula is C16H17N3O2. The van der Waals surface area contributed by atoms with Gasteiger partial charge in [-0.15, -0.1) is 0 Å². The largest absolute Gasteiger partial charge is 0.395 e. The quantitative estimate of drug-likeness (QED) is 0.834. The molecule has 108 valence electrons. The predicted molar refractivity (Wildman–Crippen MR) is 79.4 cm³/mol. The normalized spacial score (nSPS) is 9.81. The van der Waals surface area contributed by atoms with Crippen molar-refractivity contribution >= 4 is 5.91 Å². The Morgan fingerprint density at radius 3 is 2.95 bits per heavy atom. The van der Waals surface area contributed by atoms with Crippen LogP contribution >= 0.6 is 0 Å². The molecule has 0 spiro atoms. The average Bonchev–Trinajstić information content (AvgIpc) is 3.02. The number of nitrogens with zero attached hydrogens (tertiary/aromatic N) is 2. The lowest BCUT2D eigenvalue weighted by molar-refractivity contribution is 0.0785. The van der Waals surface area contributed by atoms with Gasteiger partial charge in [0.2, 0.25) is 0 Å². The summed E-state index contributed by atoms with van der Waals surface area (Å²) in [6.45, 7) is 0.516. The van der Waals surface area contributed by atoms with Crippen LogP contribution in [0.25, 0.3) is 0 Å². The number of nitrogens with one attached hydrogen (secondary N) is 1. The van der Waals surface area contributed by atoms with E-state index in [1.54, 1.807) is 18.1 Å². The monoisotopic (exact) mass is 283 g/mol. The Hall–Kier alpha value is -2.58. The Kier molecular flexibility index (Phi) is 5.13. The topological polar surface area (TPSA) is 69.2 Å². The van der Waals surface area contributed by atoms with Crippen molar-refractivity contribution in [3.63, 3.8) is 0 Å². The van der Waals surface area contributed by atoms with Crippen molar-refractivity contribution < 1.29 is 9.90 Å². The number of H-pyrrole nitrogens is 1. The van der Waals surface area contributed by atoms with Gasteiger partial charge in [0, 0.05) is 31.8 Å². The summed E-state index contributed by atoms with van der Waals surface area (Å²) in [5.41, 5.74) is 2.38. The average molecular weight is 283 g/mol. The number of aromatic nitrogens is 2. The Balaban J connectivity index is 2.12. The molecule has 0 fully saturated rings. The highest BCUT2D eigenvalue weighted by Crippen LogP contribution is 2.12. The van der Waals surface area contributed by atoms with Crippen molar-refractivity contribution in [3.05, 3.63) is 53.3 Å². The maximum atomic E-state index is 12.2. The minimum Gasteiger partial charge on any atom is -0.395 e. The second-order valence-electron chi connectivity index (χ2n) is 4.58. The van der Waals surface area contributed by atoms with Gasteiger partial charge < -0.3 is 10.0 Å². The molecular weight excluding hydrogens is 266 g/mol. The lowest BCUT2D eigenvalue weighted by Crippen LogP contribution is -2.26. The highest BCUT2D eigenvalue weighted by atomic mass is 16.2. The number of hydrogen-bond donors (Lipinski definition) is 2. The lowest BCUT2D eigenvalue weighted by Gasteiger charge is -2.17. The number of hydrogen-bond acceptors (Lipinski definition) is 3. The van der Waals surface area contributed by atoms with Gasteiger partial charge in [-0.25, -0.2) is 0 Å². The molecule has 1 amide bonds. The summed E-state index contributed by atoms with van der Waals surface area (Å²) in [6, 6.07) is 7.69. The van der Waals surface area contributed by atoms with Crippen molar-refractivity contribution in [2.75, 3.05) is 13.7 Å². The number of aromatic amines is 1. The number of aliphatic hydroxyl groups excluding tert-OH is 1. The molecule has 0 saturated carbocycles. The highest BCUT2D eigenvalue weighted by Gasteiger charge is 2.13. The number of aliphatic hydroxyl groups is 1. The maximum Gasteiger partial charge on any atom is 0.257 e. The fraction of sp³-hybridized carbons (Fsp3) is 0.250. The summed E-state index contributed by atoms with van der Waals surface area (Å²) < 4.78 is 0. The van der Waals surface area contributed by atoms with Crippen molar-refractivity contribution in [1.82, 2.24) is 15.1 Å². The molecule has 1 aromatic carbocycles. The first-order chi connectivity index (χ1) is 10.2. The van der Waals surface area contributed by atoms with E-state index in [1.807, 2.05) is 24.3 Å². The molecule has 2 aromatic rings. The van der Waals surface area contributed by atoms with Gasteiger partial charge in [-0.2, -0.15) is 5.10 Å². The van der Waals surface area contributed by atoms with Gasteiger partial charge >= 0.3 is 0 Å². The minimum absolute atomic E-state index is 0.0496. The summed E-state index contributed by atoms with van der Waals surface area (Å²) in [4.78, 5) is 13.8. The van der Waals surface area contributed by atoms with E-state index >= 15 is 0 Å². The molecule has 0 radical (unpaired) electrons. The molecule has 0 aliphatic rings. The van der Waals surface area contributed by atoms with Gasteiger partial charge in [-0.3, -0.25) is 9.89 Å². The van der Waals surface area contributed by atoms with Gasteiger partial charge in [0.25, 0.3) is 5.91 Å². The van der Waals surface area contributed by atoms with Gasteiger partial charge in [-0.05, 0) is 11.6 Å². The van der Waals surface area contributed by atoms with E-state index in [1.165, 1.54) is 6.20 Å². The Bertz CT molecular complexity index is 654. The van der Waals surface area contributed by atoms with Crippen LogP contribution in [-0.2, 0) is 6.54 Å². The molecule has 0 unspecified atom stereocenters. The molecule has 2 N–H and O–H groups in total. The number of carbonyl (C=O) groups is 1. The molecule has 2 rings (SSSR count). The fourth-order valence-corrected chi connectivity index (χ4v) is 1.91. The first kappa shape index (κ1) is 14.8. The number of amides is 1. The van der Waals surface area contributed by atoms with Crippen LogP contribution in [-0.4, -0.2) is 39.8 Å². The molecule has 0 atom stereocenters. The standard InChI is InChI=1S/C16H17N3O2/c1-19(16(21)15-10-17-18-11-15)12-14-8-3-2-6-13(14)7-4-5-9-20/h2-3,6,8,10-11,20H,5,9,12H2,1H3,(H,17,18). The first-order valence-electron chi connectivity index (χ1n) is 6.64. The third-order valence-corrected chi connectivity index (χ3v) is 2.98. The van der Waals surface area contributed by atoms with Crippen LogP contribution in [0.15, 0.2) is 36.7 Å². The maximum absolute atomic E-state index is 12.2. The smallest absolute Gasteiger partial charge is 0.257 e. The van der Waals surface area contributed by atoms with E-state index in [2.05, 4.69) is 22.0 Å². The predicted octanol–water partition coefficient (Wildman–Crippen LogP) is 1.42. The van der Waals surface area contributed by atoms with Crippen LogP contribution in [0.3, 0.4) is 0 Å². The number of rotatable bonds is 4. The fourth-order valence-electron chi connectivity index (χ4n) is 1.91. The molecule has 5 heteroatoms. The van der Waals surface area contributed by atoms with Crippen molar-refractivity contribution in [2.45, 2.75) is 13.0 Å². The summed E-state index contributed by atoms with van der Waals surface area (Å²) in [7, 11) is 1.74. The number of benzene rings is 1. The van der Waals surface area contributed by atoms with E-state index in [0.717, 1.165) is 11.1 Å². The molecule has 0 saturated heterocycles. The highest BCUT2D eigenvalue weighted by molar-refractivity contribution is 5.93. The van der Waals surface area contributed by atoms with E-state index < -0.39 is 0 Å². The van der Waals surface area contributed by atoms with Crippen LogP contribution < -0.4 is 0 Å². The zero-order valence-electron chi connectivity index (χ0n) is 11.8. The van der Waals surface area contributed by atoms with Crippen LogP contribution in [0.1, 0.15) is 27.9 Å². The molecule has 21 heavy (non-hydrogen) atoms. The van der Waals surface area contributed by atoms with Gasteiger partial charge in [0.15, 0.2) is 0 Å². The van der Waals surface area contributed by atoms with E-state index in [-0.39, 0.29) is 12.5 Å². The van der Waals surface area contributed by atoms with Gasteiger partial charge in [-0.1, -0.05) is 30.0 Å². The Labute approximate surface area is 123 Å². The van der Waals surface area contributed by atoms with E-state index in [4.69, 9.17) is 5.11 Å². The minimum atomic E-state index is -0.0955. The second kappa shape index (κ2) is 7.27. The van der Waals surface area contributed by atoms with E-state index in [0.29, 0.717) is 18.5 Å². The molecule has 1 aromatic heterocycles. The molecule has 0 aliphatic heterocycles. The summed E-state index contributed by atoms with van der Waals surface area (Å²) >= 11 is 0. The van der Waals surface area contributed by atoms with Crippen molar-refractivity contribution in [2.24, 2.45) is 0 Å².